The van der Waals surface area contributed by atoms with Crippen LogP contribution in [0.15, 0.2) is 22.7 Å². The smallest absolute Gasteiger partial charge is 0.239 e. The second-order valence-corrected chi connectivity index (χ2v) is 6.10. The van der Waals surface area contributed by atoms with Gasteiger partial charge in [0.2, 0.25) is 5.91 Å². The first-order valence-electron chi connectivity index (χ1n) is 6.62. The van der Waals surface area contributed by atoms with Crippen LogP contribution in [0.3, 0.4) is 0 Å². The van der Waals surface area contributed by atoms with Crippen LogP contribution in [-0.2, 0) is 16.1 Å². The summed E-state index contributed by atoms with van der Waals surface area (Å²) in [5, 5.41) is 3.92. The van der Waals surface area contributed by atoms with Crippen LogP contribution in [0.5, 0.6) is 0 Å². The number of amides is 1. The molecule has 0 bridgehead atoms. The maximum Gasteiger partial charge on any atom is 0.239 e. The second-order valence-electron chi connectivity index (χ2n) is 4.78. The van der Waals surface area contributed by atoms with Crippen molar-refractivity contribution in [3.05, 3.63) is 33.3 Å². The van der Waals surface area contributed by atoms with Gasteiger partial charge in [-0.05, 0) is 24.6 Å². The number of morpholine rings is 1. The molecule has 0 saturated carbocycles. The summed E-state index contributed by atoms with van der Waals surface area (Å²) in [6, 6.07) is 5.52. The van der Waals surface area contributed by atoms with Crippen molar-refractivity contribution in [2.24, 2.45) is 0 Å². The zero-order valence-corrected chi connectivity index (χ0v) is 13.7. The summed E-state index contributed by atoms with van der Waals surface area (Å²) < 4.78 is 6.20. The molecule has 110 valence electrons. The number of hydrogen-bond donors (Lipinski definition) is 1. The van der Waals surface area contributed by atoms with Crippen LogP contribution < -0.4 is 5.32 Å². The van der Waals surface area contributed by atoms with Gasteiger partial charge in [0.05, 0.1) is 19.3 Å². The number of carbonyl (C=O) groups excluding carboxylic acids is 1. The van der Waals surface area contributed by atoms with Gasteiger partial charge in [-0.15, -0.1) is 0 Å². The summed E-state index contributed by atoms with van der Waals surface area (Å²) in [6.07, 6.45) is 0. The fourth-order valence-electron chi connectivity index (χ4n) is 2.07. The van der Waals surface area contributed by atoms with Gasteiger partial charge in [-0.2, -0.15) is 0 Å². The molecule has 1 atom stereocenters. The van der Waals surface area contributed by atoms with Crippen molar-refractivity contribution in [1.29, 1.82) is 0 Å². The minimum atomic E-state index is -0.229. The molecule has 1 unspecified atom stereocenters. The average molecular weight is 362 g/mol. The van der Waals surface area contributed by atoms with Crippen LogP contribution in [0.1, 0.15) is 12.5 Å². The summed E-state index contributed by atoms with van der Waals surface area (Å²) in [5.41, 5.74) is 0.983. The Bertz CT molecular complexity index is 478. The SMILES string of the molecule is CC(NCc1ccc(Br)cc1Cl)C(=O)N1CCOCC1. The third kappa shape index (κ3) is 4.19. The van der Waals surface area contributed by atoms with Crippen LogP contribution in [0.4, 0.5) is 0 Å². The molecule has 1 amide bonds. The zero-order valence-electron chi connectivity index (χ0n) is 11.4. The van der Waals surface area contributed by atoms with Gasteiger partial charge in [0.25, 0.3) is 0 Å². The van der Waals surface area contributed by atoms with Crippen molar-refractivity contribution in [3.8, 4) is 0 Å². The van der Waals surface area contributed by atoms with Crippen LogP contribution in [0, 0.1) is 0 Å². The highest BCUT2D eigenvalue weighted by molar-refractivity contribution is 9.10. The molecule has 1 aromatic rings. The van der Waals surface area contributed by atoms with E-state index in [0.29, 0.717) is 37.9 Å². The van der Waals surface area contributed by atoms with Crippen LogP contribution >= 0.6 is 27.5 Å². The first kappa shape index (κ1) is 15.8. The van der Waals surface area contributed by atoms with Gasteiger partial charge in [0.1, 0.15) is 0 Å². The van der Waals surface area contributed by atoms with Crippen molar-refractivity contribution >= 4 is 33.4 Å². The second kappa shape index (κ2) is 7.41. The fraction of sp³-hybridized carbons (Fsp3) is 0.500. The highest BCUT2D eigenvalue weighted by atomic mass is 79.9. The lowest BCUT2D eigenvalue weighted by molar-refractivity contribution is -0.137. The highest BCUT2D eigenvalue weighted by Gasteiger charge is 2.22. The zero-order chi connectivity index (χ0) is 14.5. The van der Waals surface area contributed by atoms with Gasteiger partial charge in [-0.25, -0.2) is 0 Å². The van der Waals surface area contributed by atoms with Crippen molar-refractivity contribution in [1.82, 2.24) is 10.2 Å². The predicted molar refractivity (Wildman–Crippen MR) is 82.9 cm³/mol. The number of carbonyl (C=O) groups is 1. The number of nitrogens with zero attached hydrogens (tertiary/aromatic N) is 1. The molecule has 1 aromatic carbocycles. The van der Waals surface area contributed by atoms with E-state index in [1.54, 1.807) is 0 Å². The van der Waals surface area contributed by atoms with Gasteiger partial charge in [-0.1, -0.05) is 33.6 Å². The Morgan fingerprint density at radius 2 is 2.20 bits per heavy atom. The van der Waals surface area contributed by atoms with Gasteiger partial charge in [0.15, 0.2) is 0 Å². The molecule has 6 heteroatoms. The average Bonchev–Trinajstić information content (AvgIpc) is 2.46. The molecular formula is C14H18BrClN2O2. The Morgan fingerprint density at radius 3 is 2.85 bits per heavy atom. The third-order valence-electron chi connectivity index (χ3n) is 3.31. The fourth-order valence-corrected chi connectivity index (χ4v) is 2.81. The number of nitrogens with one attached hydrogen (secondary N) is 1. The summed E-state index contributed by atoms with van der Waals surface area (Å²) >= 11 is 9.53. The molecular weight excluding hydrogens is 344 g/mol. The summed E-state index contributed by atoms with van der Waals surface area (Å²) in [4.78, 5) is 14.1. The highest BCUT2D eigenvalue weighted by Crippen LogP contribution is 2.21. The Hall–Kier alpha value is -0.620. The van der Waals surface area contributed by atoms with Crippen molar-refractivity contribution < 1.29 is 9.53 Å². The molecule has 4 nitrogen and oxygen atoms in total. The van der Waals surface area contributed by atoms with E-state index >= 15 is 0 Å². The van der Waals surface area contributed by atoms with E-state index in [9.17, 15) is 4.79 Å². The van der Waals surface area contributed by atoms with Crippen molar-refractivity contribution in [3.63, 3.8) is 0 Å². The molecule has 0 spiro atoms. The third-order valence-corrected chi connectivity index (χ3v) is 4.15. The van der Waals surface area contributed by atoms with Crippen LogP contribution in [0.25, 0.3) is 0 Å². The molecule has 0 aromatic heterocycles. The summed E-state index contributed by atoms with van der Waals surface area (Å²) in [5.74, 6) is 0.113. The maximum atomic E-state index is 12.2. The maximum absolute atomic E-state index is 12.2. The van der Waals surface area contributed by atoms with Gasteiger partial charge >= 0.3 is 0 Å². The standard InChI is InChI=1S/C14H18BrClN2O2/c1-10(14(19)18-4-6-20-7-5-18)17-9-11-2-3-12(15)8-13(11)16/h2-3,8,10,17H,4-7,9H2,1H3. The lowest BCUT2D eigenvalue weighted by Crippen LogP contribution is -2.49. The minimum Gasteiger partial charge on any atom is -0.378 e. The Morgan fingerprint density at radius 1 is 1.50 bits per heavy atom. The van der Waals surface area contributed by atoms with Crippen molar-refractivity contribution in [2.75, 3.05) is 26.3 Å². The van der Waals surface area contributed by atoms with E-state index in [0.717, 1.165) is 10.0 Å². The molecule has 1 aliphatic heterocycles. The van der Waals surface area contributed by atoms with Crippen LogP contribution in [0.2, 0.25) is 5.02 Å². The van der Waals surface area contributed by atoms with E-state index in [1.165, 1.54) is 0 Å². The first-order chi connectivity index (χ1) is 9.58. The monoisotopic (exact) mass is 360 g/mol. The molecule has 2 rings (SSSR count). The lowest BCUT2D eigenvalue weighted by atomic mass is 10.2. The van der Waals surface area contributed by atoms with Gasteiger partial charge in [-0.3, -0.25) is 4.79 Å². The Balaban J connectivity index is 1.87. The summed E-state index contributed by atoms with van der Waals surface area (Å²) in [7, 11) is 0. The Kier molecular flexibility index (Phi) is 5.84. The molecule has 1 heterocycles. The number of ether oxygens (including phenoxy) is 1. The van der Waals surface area contributed by atoms with Gasteiger partial charge in [0, 0.05) is 29.1 Å². The van der Waals surface area contributed by atoms with Crippen molar-refractivity contribution in [2.45, 2.75) is 19.5 Å². The molecule has 1 saturated heterocycles. The van der Waals surface area contributed by atoms with E-state index in [2.05, 4.69) is 21.2 Å². The topological polar surface area (TPSA) is 41.6 Å². The number of rotatable bonds is 4. The van der Waals surface area contributed by atoms with E-state index in [4.69, 9.17) is 16.3 Å². The normalized spacial score (nSPS) is 17.1. The minimum absolute atomic E-state index is 0.113. The number of benzene rings is 1. The Labute approximate surface area is 132 Å². The number of hydrogen-bond acceptors (Lipinski definition) is 3. The first-order valence-corrected chi connectivity index (χ1v) is 7.79. The molecule has 20 heavy (non-hydrogen) atoms. The van der Waals surface area contributed by atoms with Gasteiger partial charge < -0.3 is 15.0 Å². The number of halogens is 2. The van der Waals surface area contributed by atoms with Crippen LogP contribution in [-0.4, -0.2) is 43.2 Å². The quantitative estimate of drug-likeness (QED) is 0.895. The lowest BCUT2D eigenvalue weighted by Gasteiger charge is -2.29. The summed E-state index contributed by atoms with van der Waals surface area (Å²) in [6.45, 7) is 5.04. The molecule has 1 N–H and O–H groups in total. The van der Waals surface area contributed by atoms with E-state index < -0.39 is 0 Å². The predicted octanol–water partition coefficient (Wildman–Crippen LogP) is 2.44. The molecule has 1 fully saturated rings. The molecule has 1 aliphatic rings. The molecule has 0 radical (unpaired) electrons. The van der Waals surface area contributed by atoms with E-state index in [-0.39, 0.29) is 11.9 Å². The molecule has 0 aliphatic carbocycles. The van der Waals surface area contributed by atoms with E-state index in [1.807, 2.05) is 30.0 Å². The largest absolute Gasteiger partial charge is 0.378 e.